The molecule has 0 atom stereocenters. The first-order valence-electron chi connectivity index (χ1n) is 6.50. The largest absolute Gasteiger partial charge is 0.350 e. The van der Waals surface area contributed by atoms with E-state index in [-0.39, 0.29) is 11.4 Å². The number of nitrogens with zero attached hydrogens (tertiary/aromatic N) is 2. The van der Waals surface area contributed by atoms with Crippen LogP contribution in [0.5, 0.6) is 0 Å². The van der Waals surface area contributed by atoms with E-state index in [0.717, 1.165) is 19.4 Å². The zero-order chi connectivity index (χ0) is 13.0. The zero-order valence-electron chi connectivity index (χ0n) is 11.1. The number of carbonyl (C=O) groups is 1. The lowest BCUT2D eigenvalue weighted by atomic mass is 9.96. The second kappa shape index (κ2) is 5.48. The predicted octanol–water partition coefficient (Wildman–Crippen LogP) is 1.69. The van der Waals surface area contributed by atoms with Crippen molar-refractivity contribution in [3.8, 4) is 0 Å². The van der Waals surface area contributed by atoms with Crippen molar-refractivity contribution in [2.45, 2.75) is 31.2 Å². The molecule has 1 aliphatic carbocycles. The lowest BCUT2D eigenvalue weighted by Crippen LogP contribution is -2.50. The number of likely N-dealkylation sites (N-methyl/N-ethyl adjacent to an activating group) is 1. The van der Waals surface area contributed by atoms with Gasteiger partial charge in [0.15, 0.2) is 0 Å². The maximum Gasteiger partial charge on any atom is 0.251 e. The summed E-state index contributed by atoms with van der Waals surface area (Å²) in [6, 6.07) is 3.48. The third kappa shape index (κ3) is 2.70. The fraction of sp³-hybridized carbons (Fsp3) is 0.571. The molecule has 4 heteroatoms. The molecule has 1 N–H and O–H groups in total. The molecule has 0 radical (unpaired) electrons. The van der Waals surface area contributed by atoms with Crippen LogP contribution in [-0.4, -0.2) is 42.0 Å². The summed E-state index contributed by atoms with van der Waals surface area (Å²) >= 11 is 0. The Morgan fingerprint density at radius 2 is 1.94 bits per heavy atom. The molecule has 18 heavy (non-hydrogen) atoms. The van der Waals surface area contributed by atoms with Crippen LogP contribution in [0.15, 0.2) is 24.5 Å². The highest BCUT2D eigenvalue weighted by Gasteiger charge is 2.36. The SMILES string of the molecule is CN(C)C1(CNC(=O)c2ccncc2)CCCC1. The summed E-state index contributed by atoms with van der Waals surface area (Å²) in [5.74, 6) is -0.00877. The molecule has 1 aromatic rings. The van der Waals surface area contributed by atoms with Gasteiger partial charge in [0, 0.05) is 30.0 Å². The number of rotatable bonds is 4. The van der Waals surface area contributed by atoms with Gasteiger partial charge in [-0.3, -0.25) is 9.78 Å². The highest BCUT2D eigenvalue weighted by Crippen LogP contribution is 2.33. The van der Waals surface area contributed by atoms with Gasteiger partial charge in [0.1, 0.15) is 0 Å². The van der Waals surface area contributed by atoms with Crippen molar-refractivity contribution in [1.29, 1.82) is 0 Å². The van der Waals surface area contributed by atoms with Crippen LogP contribution < -0.4 is 5.32 Å². The summed E-state index contributed by atoms with van der Waals surface area (Å²) in [4.78, 5) is 18.2. The fourth-order valence-electron chi connectivity index (χ4n) is 2.67. The number of amides is 1. The van der Waals surface area contributed by atoms with Gasteiger partial charge >= 0.3 is 0 Å². The van der Waals surface area contributed by atoms with Gasteiger partial charge in [-0.2, -0.15) is 0 Å². The van der Waals surface area contributed by atoms with Crippen LogP contribution >= 0.6 is 0 Å². The first kappa shape index (κ1) is 13.0. The quantitative estimate of drug-likeness (QED) is 0.880. The van der Waals surface area contributed by atoms with E-state index in [1.54, 1.807) is 24.5 Å². The average molecular weight is 247 g/mol. The van der Waals surface area contributed by atoms with Crippen molar-refractivity contribution in [2.75, 3.05) is 20.6 Å². The first-order valence-corrected chi connectivity index (χ1v) is 6.50. The van der Waals surface area contributed by atoms with E-state index in [1.165, 1.54) is 12.8 Å². The van der Waals surface area contributed by atoms with Gasteiger partial charge in [-0.15, -0.1) is 0 Å². The molecule has 1 amide bonds. The molecule has 2 rings (SSSR count). The number of hydrogen-bond donors (Lipinski definition) is 1. The smallest absolute Gasteiger partial charge is 0.251 e. The second-order valence-electron chi connectivity index (χ2n) is 5.24. The number of carbonyl (C=O) groups excluding carboxylic acids is 1. The van der Waals surface area contributed by atoms with Crippen LogP contribution in [0.1, 0.15) is 36.0 Å². The van der Waals surface area contributed by atoms with Crippen LogP contribution in [0.4, 0.5) is 0 Å². The molecule has 1 aliphatic rings. The Morgan fingerprint density at radius 3 is 2.50 bits per heavy atom. The number of aromatic nitrogens is 1. The van der Waals surface area contributed by atoms with Gasteiger partial charge in [-0.1, -0.05) is 12.8 Å². The minimum absolute atomic E-state index is 0.00877. The number of hydrogen-bond acceptors (Lipinski definition) is 3. The van der Waals surface area contributed by atoms with Crippen molar-refractivity contribution >= 4 is 5.91 Å². The molecule has 98 valence electrons. The van der Waals surface area contributed by atoms with Crippen LogP contribution in [0.2, 0.25) is 0 Å². The summed E-state index contributed by atoms with van der Waals surface area (Å²) in [5.41, 5.74) is 0.819. The molecule has 0 aliphatic heterocycles. The predicted molar refractivity (Wildman–Crippen MR) is 71.5 cm³/mol. The molecule has 0 saturated heterocycles. The molecule has 0 aromatic carbocycles. The van der Waals surface area contributed by atoms with Crippen molar-refractivity contribution in [3.05, 3.63) is 30.1 Å². The van der Waals surface area contributed by atoms with Crippen molar-refractivity contribution in [2.24, 2.45) is 0 Å². The Morgan fingerprint density at radius 1 is 1.33 bits per heavy atom. The second-order valence-corrected chi connectivity index (χ2v) is 5.24. The minimum Gasteiger partial charge on any atom is -0.350 e. The van der Waals surface area contributed by atoms with Gasteiger partial charge < -0.3 is 10.2 Å². The number of nitrogens with one attached hydrogen (secondary N) is 1. The Hall–Kier alpha value is -1.42. The maximum atomic E-state index is 12.0. The average Bonchev–Trinajstić information content (AvgIpc) is 2.87. The van der Waals surface area contributed by atoms with Gasteiger partial charge in [-0.25, -0.2) is 0 Å². The van der Waals surface area contributed by atoms with Crippen molar-refractivity contribution in [3.63, 3.8) is 0 Å². The molecule has 4 nitrogen and oxygen atoms in total. The monoisotopic (exact) mass is 247 g/mol. The molecule has 0 bridgehead atoms. The third-order valence-electron chi connectivity index (χ3n) is 4.00. The van der Waals surface area contributed by atoms with Crippen LogP contribution in [0.25, 0.3) is 0 Å². The standard InChI is InChI=1S/C14H21N3O/c1-17(2)14(7-3-4-8-14)11-16-13(18)12-5-9-15-10-6-12/h5-6,9-10H,3-4,7-8,11H2,1-2H3,(H,16,18). The molecular formula is C14H21N3O. The Balaban J connectivity index is 1.96. The van der Waals surface area contributed by atoms with Crippen LogP contribution in [-0.2, 0) is 0 Å². The van der Waals surface area contributed by atoms with Crippen molar-refractivity contribution < 1.29 is 4.79 Å². The van der Waals surface area contributed by atoms with E-state index in [1.807, 2.05) is 0 Å². The fourth-order valence-corrected chi connectivity index (χ4v) is 2.67. The van der Waals surface area contributed by atoms with E-state index in [4.69, 9.17) is 0 Å². The van der Waals surface area contributed by atoms with Gasteiger partial charge in [-0.05, 0) is 39.1 Å². The van der Waals surface area contributed by atoms with Crippen LogP contribution in [0, 0.1) is 0 Å². The molecular weight excluding hydrogens is 226 g/mol. The molecule has 1 heterocycles. The van der Waals surface area contributed by atoms with E-state index < -0.39 is 0 Å². The highest BCUT2D eigenvalue weighted by molar-refractivity contribution is 5.94. The van der Waals surface area contributed by atoms with E-state index in [9.17, 15) is 4.79 Å². The van der Waals surface area contributed by atoms with Gasteiger partial charge in [0.2, 0.25) is 0 Å². The Labute approximate surface area is 108 Å². The first-order chi connectivity index (χ1) is 8.64. The summed E-state index contributed by atoms with van der Waals surface area (Å²) < 4.78 is 0. The molecule has 0 spiro atoms. The molecule has 0 unspecified atom stereocenters. The summed E-state index contributed by atoms with van der Waals surface area (Å²) in [5, 5.41) is 3.05. The van der Waals surface area contributed by atoms with E-state index >= 15 is 0 Å². The lowest BCUT2D eigenvalue weighted by Gasteiger charge is -2.36. The highest BCUT2D eigenvalue weighted by atomic mass is 16.1. The van der Waals surface area contributed by atoms with Crippen LogP contribution in [0.3, 0.4) is 0 Å². The Kier molecular flexibility index (Phi) is 3.97. The van der Waals surface area contributed by atoms with E-state index in [0.29, 0.717) is 5.56 Å². The maximum absolute atomic E-state index is 12.0. The number of pyridine rings is 1. The summed E-state index contributed by atoms with van der Waals surface area (Å²) in [6.07, 6.45) is 8.12. The van der Waals surface area contributed by atoms with Gasteiger partial charge in [0.05, 0.1) is 0 Å². The van der Waals surface area contributed by atoms with E-state index in [2.05, 4.69) is 29.3 Å². The summed E-state index contributed by atoms with van der Waals surface area (Å²) in [7, 11) is 4.20. The normalized spacial score (nSPS) is 17.9. The summed E-state index contributed by atoms with van der Waals surface area (Å²) in [6.45, 7) is 0.723. The zero-order valence-corrected chi connectivity index (χ0v) is 11.1. The lowest BCUT2D eigenvalue weighted by molar-refractivity contribution is 0.0900. The minimum atomic E-state index is -0.00877. The van der Waals surface area contributed by atoms with Gasteiger partial charge in [0.25, 0.3) is 5.91 Å². The molecule has 1 saturated carbocycles. The third-order valence-corrected chi connectivity index (χ3v) is 4.00. The Bertz CT molecular complexity index is 397. The van der Waals surface area contributed by atoms with Crippen molar-refractivity contribution in [1.82, 2.24) is 15.2 Å². The topological polar surface area (TPSA) is 45.2 Å². The molecule has 1 fully saturated rings. The molecule has 1 aromatic heterocycles.